The van der Waals surface area contributed by atoms with Gasteiger partial charge in [-0.05, 0) is 41.4 Å². The average molecular weight is 253 g/mol. The minimum absolute atomic E-state index is 0.370. The normalized spacial score (nSPS) is 80.3. The molecule has 8 unspecified atom stereocenters. The molecule has 0 aliphatic heterocycles. The van der Waals surface area contributed by atoms with Crippen molar-refractivity contribution in [1.82, 2.24) is 0 Å². The molecule has 0 aromatic carbocycles. The summed E-state index contributed by atoms with van der Waals surface area (Å²) >= 11 is 3.92. The smallest absolute Gasteiger partial charge is 0.140 e. The number of hydrogen-bond donors (Lipinski definition) is 0. The molecule has 9 atom stereocenters. The Morgan fingerprint density at radius 1 is 1.36 bits per heavy atom. The largest absolute Gasteiger partial charge is 0.299 e. The summed E-state index contributed by atoms with van der Waals surface area (Å²) in [6, 6.07) is 0. The second-order valence-corrected chi connectivity index (χ2v) is 7.40. The average Bonchev–Trinajstić information content (AvgIpc) is 2.81. The van der Waals surface area contributed by atoms with E-state index in [0.29, 0.717) is 27.9 Å². The molecule has 1 nitrogen and oxygen atoms in total. The highest BCUT2D eigenvalue weighted by atomic mass is 79.9. The first-order chi connectivity index (χ1) is 6.67. The molecule has 0 aromatic heterocycles. The Morgan fingerprint density at radius 2 is 2.14 bits per heavy atom. The van der Waals surface area contributed by atoms with Crippen LogP contribution in [0.25, 0.3) is 0 Å². The highest BCUT2D eigenvalue weighted by Gasteiger charge is 2.87. The molecule has 6 fully saturated rings. The number of hydrogen-bond acceptors (Lipinski definition) is 1. The zero-order valence-electron chi connectivity index (χ0n) is 8.11. The van der Waals surface area contributed by atoms with Crippen LogP contribution in [0.15, 0.2) is 0 Å². The molecule has 6 rings (SSSR count). The second kappa shape index (κ2) is 1.66. The maximum atomic E-state index is 12.2. The van der Waals surface area contributed by atoms with Crippen molar-refractivity contribution in [1.29, 1.82) is 0 Å². The first-order valence-electron chi connectivity index (χ1n) is 5.85. The van der Waals surface area contributed by atoms with Crippen LogP contribution in [0.5, 0.6) is 0 Å². The summed E-state index contributed by atoms with van der Waals surface area (Å²) in [6.07, 6.45) is 1.39. The van der Waals surface area contributed by atoms with Crippen LogP contribution in [-0.2, 0) is 4.79 Å². The standard InChI is InChI=1S/C12H13BrO/c1-12-8-4-2-3-5(6(4)11(12)13)9(12)10(14)7(3)8/h3-9,11H,2H2,1H3/t3?,4?,5?,6?,7?,8?,9?,11-,12?/m1/s1. The van der Waals surface area contributed by atoms with Gasteiger partial charge >= 0.3 is 0 Å². The van der Waals surface area contributed by atoms with Crippen LogP contribution < -0.4 is 0 Å². The minimum Gasteiger partial charge on any atom is -0.299 e. The maximum absolute atomic E-state index is 12.2. The molecule has 0 N–H and O–H groups in total. The monoisotopic (exact) mass is 252 g/mol. The van der Waals surface area contributed by atoms with Crippen molar-refractivity contribution in [2.45, 2.75) is 18.2 Å². The number of carbonyl (C=O) groups is 1. The molecule has 6 saturated carbocycles. The van der Waals surface area contributed by atoms with Gasteiger partial charge in [0, 0.05) is 16.7 Å². The predicted molar refractivity (Wildman–Crippen MR) is 54.9 cm³/mol. The van der Waals surface area contributed by atoms with E-state index in [0.717, 1.165) is 29.6 Å². The Kier molecular flexibility index (Phi) is 0.883. The molecule has 0 amide bonds. The van der Waals surface area contributed by atoms with Gasteiger partial charge in [-0.1, -0.05) is 22.9 Å². The van der Waals surface area contributed by atoms with E-state index in [4.69, 9.17) is 0 Å². The molecule has 74 valence electrons. The molecule has 0 saturated heterocycles. The van der Waals surface area contributed by atoms with Crippen LogP contribution in [0.2, 0.25) is 0 Å². The summed E-state index contributed by atoms with van der Waals surface area (Å²) in [5.41, 5.74) is 0.370. The SMILES string of the molecule is CC12C3C(=O)C4C5CC(C(C53)[C@H]1Br)C42. The van der Waals surface area contributed by atoms with Gasteiger partial charge in [-0.3, -0.25) is 4.79 Å². The number of ketones is 1. The lowest BCUT2D eigenvalue weighted by Gasteiger charge is -2.38. The number of rotatable bonds is 0. The number of Topliss-reactive ketones (excluding diaryl/α,β-unsaturated/α-hetero) is 1. The van der Waals surface area contributed by atoms with Gasteiger partial charge in [-0.15, -0.1) is 0 Å². The summed E-state index contributed by atoms with van der Waals surface area (Å²) in [7, 11) is 0. The first-order valence-corrected chi connectivity index (χ1v) is 6.76. The van der Waals surface area contributed by atoms with Crippen molar-refractivity contribution in [2.75, 3.05) is 0 Å². The Labute approximate surface area is 91.8 Å². The van der Waals surface area contributed by atoms with E-state index in [2.05, 4.69) is 22.9 Å². The van der Waals surface area contributed by atoms with E-state index in [1.165, 1.54) is 6.42 Å². The van der Waals surface area contributed by atoms with E-state index < -0.39 is 0 Å². The summed E-state index contributed by atoms with van der Waals surface area (Å²) in [5, 5.41) is 0. The van der Waals surface area contributed by atoms with Gasteiger partial charge in [-0.25, -0.2) is 0 Å². The molecule has 6 aliphatic rings. The van der Waals surface area contributed by atoms with Gasteiger partial charge in [0.2, 0.25) is 0 Å². The fraction of sp³-hybridized carbons (Fsp3) is 0.917. The Hall–Kier alpha value is 0.150. The number of carbonyl (C=O) groups excluding carboxylic acids is 1. The zero-order valence-corrected chi connectivity index (χ0v) is 9.70. The van der Waals surface area contributed by atoms with Crippen molar-refractivity contribution >= 4 is 21.7 Å². The van der Waals surface area contributed by atoms with E-state index >= 15 is 0 Å². The predicted octanol–water partition coefficient (Wildman–Crippen LogP) is 2.10. The molecule has 2 heteroatoms. The molecule has 6 bridgehead atoms. The van der Waals surface area contributed by atoms with Gasteiger partial charge in [0.15, 0.2) is 0 Å². The maximum Gasteiger partial charge on any atom is 0.140 e. The third-order valence-corrected chi connectivity index (χ3v) is 8.22. The van der Waals surface area contributed by atoms with E-state index in [9.17, 15) is 4.79 Å². The van der Waals surface area contributed by atoms with Gasteiger partial charge < -0.3 is 0 Å². The van der Waals surface area contributed by atoms with Crippen LogP contribution in [0, 0.1) is 46.8 Å². The topological polar surface area (TPSA) is 17.1 Å². The molecule has 0 aromatic rings. The summed E-state index contributed by atoms with van der Waals surface area (Å²) < 4.78 is 0. The quantitative estimate of drug-likeness (QED) is 0.604. The number of alkyl halides is 1. The lowest BCUT2D eigenvalue weighted by molar-refractivity contribution is -0.122. The Bertz CT molecular complexity index is 390. The highest BCUT2D eigenvalue weighted by Crippen LogP contribution is 2.86. The fourth-order valence-corrected chi connectivity index (χ4v) is 8.05. The van der Waals surface area contributed by atoms with Crippen molar-refractivity contribution < 1.29 is 4.79 Å². The van der Waals surface area contributed by atoms with Gasteiger partial charge in [0.25, 0.3) is 0 Å². The molecule has 0 heterocycles. The molecule has 0 radical (unpaired) electrons. The van der Waals surface area contributed by atoms with Crippen LogP contribution in [0.4, 0.5) is 0 Å². The second-order valence-electron chi connectivity index (χ2n) is 6.42. The van der Waals surface area contributed by atoms with Gasteiger partial charge in [0.05, 0.1) is 0 Å². The van der Waals surface area contributed by atoms with Crippen LogP contribution in [-0.4, -0.2) is 10.6 Å². The third-order valence-electron chi connectivity index (χ3n) is 6.63. The highest BCUT2D eigenvalue weighted by molar-refractivity contribution is 9.09. The Morgan fingerprint density at radius 3 is 2.86 bits per heavy atom. The van der Waals surface area contributed by atoms with E-state index in [-0.39, 0.29) is 0 Å². The van der Waals surface area contributed by atoms with Gasteiger partial charge in [-0.2, -0.15) is 0 Å². The van der Waals surface area contributed by atoms with E-state index in [1.54, 1.807) is 0 Å². The molecule has 0 spiro atoms. The lowest BCUT2D eigenvalue weighted by atomic mass is 9.64. The molecule has 6 aliphatic carbocycles. The van der Waals surface area contributed by atoms with Crippen LogP contribution in [0.3, 0.4) is 0 Å². The van der Waals surface area contributed by atoms with E-state index in [1.807, 2.05) is 0 Å². The van der Waals surface area contributed by atoms with Crippen molar-refractivity contribution in [3.8, 4) is 0 Å². The molecular weight excluding hydrogens is 240 g/mol. The first kappa shape index (κ1) is 7.43. The lowest BCUT2D eigenvalue weighted by Crippen LogP contribution is -2.37. The minimum atomic E-state index is 0.370. The summed E-state index contributed by atoms with van der Waals surface area (Å²) in [6.45, 7) is 2.40. The third kappa shape index (κ3) is 0.391. The summed E-state index contributed by atoms with van der Waals surface area (Å²) in [5.74, 6) is 5.85. The Balaban J connectivity index is 1.92. The zero-order chi connectivity index (χ0) is 9.40. The summed E-state index contributed by atoms with van der Waals surface area (Å²) in [4.78, 5) is 12.9. The van der Waals surface area contributed by atoms with Crippen LogP contribution in [0.1, 0.15) is 13.3 Å². The number of halogens is 1. The van der Waals surface area contributed by atoms with Gasteiger partial charge in [0.1, 0.15) is 5.78 Å². The van der Waals surface area contributed by atoms with Crippen molar-refractivity contribution in [3.63, 3.8) is 0 Å². The van der Waals surface area contributed by atoms with Crippen molar-refractivity contribution in [3.05, 3.63) is 0 Å². The fourth-order valence-electron chi connectivity index (χ4n) is 6.72. The van der Waals surface area contributed by atoms with Crippen molar-refractivity contribution in [2.24, 2.45) is 46.8 Å². The molecule has 14 heavy (non-hydrogen) atoms. The van der Waals surface area contributed by atoms with Crippen LogP contribution >= 0.6 is 15.9 Å². The molecular formula is C12H13BrO.